The molecular formula is C26H36ClN3O5S. The maximum absolute atomic E-state index is 13.6. The van der Waals surface area contributed by atoms with Crippen LogP contribution in [0.1, 0.15) is 39.2 Å². The van der Waals surface area contributed by atoms with Crippen molar-refractivity contribution in [1.29, 1.82) is 0 Å². The third-order valence-corrected chi connectivity index (χ3v) is 7.41. The second-order valence-electron chi connectivity index (χ2n) is 8.65. The Morgan fingerprint density at radius 3 is 2.28 bits per heavy atom. The van der Waals surface area contributed by atoms with Gasteiger partial charge in [0.15, 0.2) is 0 Å². The van der Waals surface area contributed by atoms with Crippen molar-refractivity contribution in [3.05, 3.63) is 59.1 Å². The van der Waals surface area contributed by atoms with Crippen LogP contribution in [0.25, 0.3) is 0 Å². The average molecular weight is 538 g/mol. The van der Waals surface area contributed by atoms with E-state index >= 15 is 0 Å². The number of hydrogen-bond donors (Lipinski definition) is 1. The molecule has 2 aromatic rings. The van der Waals surface area contributed by atoms with Crippen molar-refractivity contribution in [2.75, 3.05) is 30.8 Å². The van der Waals surface area contributed by atoms with E-state index in [1.807, 2.05) is 51.1 Å². The molecular weight excluding hydrogens is 502 g/mol. The number of anilines is 1. The molecule has 0 saturated carbocycles. The molecule has 0 bridgehead atoms. The van der Waals surface area contributed by atoms with Crippen molar-refractivity contribution in [2.24, 2.45) is 0 Å². The number of sulfonamides is 1. The van der Waals surface area contributed by atoms with E-state index in [9.17, 15) is 18.0 Å². The van der Waals surface area contributed by atoms with Gasteiger partial charge in [-0.15, -0.1) is 0 Å². The number of amides is 2. The lowest BCUT2D eigenvalue weighted by atomic mass is 10.1. The molecule has 0 spiro atoms. The molecule has 8 nitrogen and oxygen atoms in total. The fraction of sp³-hybridized carbons (Fsp3) is 0.462. The second-order valence-corrected chi connectivity index (χ2v) is 11.0. The van der Waals surface area contributed by atoms with Gasteiger partial charge in [-0.1, -0.05) is 55.8 Å². The number of nitrogens with zero attached hydrogens (tertiary/aromatic N) is 2. The molecule has 0 aliphatic carbocycles. The first-order chi connectivity index (χ1) is 17.0. The zero-order valence-corrected chi connectivity index (χ0v) is 23.1. The molecule has 2 amide bonds. The van der Waals surface area contributed by atoms with Crippen LogP contribution in [0, 0.1) is 0 Å². The second kappa shape index (κ2) is 13.5. The maximum atomic E-state index is 13.6. The Morgan fingerprint density at radius 1 is 1.08 bits per heavy atom. The van der Waals surface area contributed by atoms with E-state index in [2.05, 4.69) is 5.32 Å². The molecule has 0 aliphatic rings. The minimum Gasteiger partial charge on any atom is -0.495 e. The number of carbonyl (C=O) groups excluding carboxylic acids is 2. The topological polar surface area (TPSA) is 96.0 Å². The molecule has 0 unspecified atom stereocenters. The third kappa shape index (κ3) is 8.13. The molecule has 0 heterocycles. The van der Waals surface area contributed by atoms with Gasteiger partial charge in [0, 0.05) is 12.6 Å². The fourth-order valence-corrected chi connectivity index (χ4v) is 4.85. The van der Waals surface area contributed by atoms with Crippen LogP contribution in [0.4, 0.5) is 5.69 Å². The summed E-state index contributed by atoms with van der Waals surface area (Å²) < 4.78 is 31.5. The van der Waals surface area contributed by atoms with Crippen LogP contribution >= 0.6 is 11.6 Å². The van der Waals surface area contributed by atoms with Crippen molar-refractivity contribution in [3.8, 4) is 5.75 Å². The quantitative estimate of drug-likeness (QED) is 0.418. The predicted molar refractivity (Wildman–Crippen MR) is 144 cm³/mol. The number of rotatable bonds is 13. The van der Waals surface area contributed by atoms with E-state index < -0.39 is 28.5 Å². The number of ether oxygens (including phenoxy) is 1. The summed E-state index contributed by atoms with van der Waals surface area (Å²) in [6, 6.07) is 13.3. The van der Waals surface area contributed by atoms with Crippen LogP contribution < -0.4 is 14.4 Å². The van der Waals surface area contributed by atoms with Crippen LogP contribution in [-0.4, -0.2) is 63.7 Å². The number of benzene rings is 2. The van der Waals surface area contributed by atoms with Crippen LogP contribution in [0.2, 0.25) is 5.02 Å². The lowest BCUT2D eigenvalue weighted by Gasteiger charge is -2.33. The molecule has 0 aliphatic heterocycles. The number of carbonyl (C=O) groups is 2. The van der Waals surface area contributed by atoms with Gasteiger partial charge in [-0.25, -0.2) is 8.42 Å². The van der Waals surface area contributed by atoms with Crippen molar-refractivity contribution in [2.45, 2.75) is 52.1 Å². The highest BCUT2D eigenvalue weighted by atomic mass is 35.5. The molecule has 2 atom stereocenters. The van der Waals surface area contributed by atoms with E-state index in [1.165, 1.54) is 24.1 Å². The van der Waals surface area contributed by atoms with E-state index in [0.29, 0.717) is 18.6 Å². The molecule has 2 rings (SSSR count). The molecule has 0 aromatic heterocycles. The van der Waals surface area contributed by atoms with Crippen molar-refractivity contribution in [3.63, 3.8) is 0 Å². The summed E-state index contributed by atoms with van der Waals surface area (Å²) in [6.45, 7) is 5.49. The first-order valence-corrected chi connectivity index (χ1v) is 14.2. The molecule has 36 heavy (non-hydrogen) atoms. The van der Waals surface area contributed by atoms with Crippen LogP contribution in [0.5, 0.6) is 5.75 Å². The van der Waals surface area contributed by atoms with Gasteiger partial charge in [0.25, 0.3) is 0 Å². The minimum absolute atomic E-state index is 0.0495. The summed E-state index contributed by atoms with van der Waals surface area (Å²) in [6.07, 6.45) is 2.68. The first-order valence-electron chi connectivity index (χ1n) is 12.0. The smallest absolute Gasteiger partial charge is 0.244 e. The monoisotopic (exact) mass is 537 g/mol. The van der Waals surface area contributed by atoms with Crippen LogP contribution in [0.3, 0.4) is 0 Å². The SMILES string of the molecule is CC[C@@H](C)NC(=O)[C@H](CC)N(CCc1ccccc1)C(=O)CN(c1ccc(OC)c(Cl)c1)S(C)(=O)=O. The fourth-order valence-electron chi connectivity index (χ4n) is 3.76. The lowest BCUT2D eigenvalue weighted by Crippen LogP contribution is -2.54. The Bertz CT molecular complexity index is 1130. The third-order valence-electron chi connectivity index (χ3n) is 5.97. The Kier molecular flexibility index (Phi) is 11.0. The van der Waals surface area contributed by atoms with E-state index in [1.54, 1.807) is 6.07 Å². The maximum Gasteiger partial charge on any atom is 0.244 e. The number of methoxy groups -OCH3 is 1. The summed E-state index contributed by atoms with van der Waals surface area (Å²) in [5, 5.41) is 3.17. The van der Waals surface area contributed by atoms with Gasteiger partial charge < -0.3 is 15.0 Å². The molecule has 0 saturated heterocycles. The highest BCUT2D eigenvalue weighted by molar-refractivity contribution is 7.92. The van der Waals surface area contributed by atoms with Crippen molar-refractivity contribution >= 4 is 39.1 Å². The number of hydrogen-bond acceptors (Lipinski definition) is 5. The number of halogens is 1. The van der Waals surface area contributed by atoms with Gasteiger partial charge >= 0.3 is 0 Å². The minimum atomic E-state index is -3.84. The normalized spacial score (nSPS) is 12.9. The Balaban J connectivity index is 2.39. The van der Waals surface area contributed by atoms with Gasteiger partial charge in [0.2, 0.25) is 21.8 Å². The van der Waals surface area contributed by atoms with Gasteiger partial charge in [0.1, 0.15) is 18.3 Å². The highest BCUT2D eigenvalue weighted by Crippen LogP contribution is 2.30. The molecule has 10 heteroatoms. The molecule has 0 fully saturated rings. The standard InChI is InChI=1S/C26H36ClN3O5S/c1-6-19(3)28-26(32)23(7-2)29(16-15-20-11-9-8-10-12-20)25(31)18-30(36(5,33)34)21-13-14-24(35-4)22(27)17-21/h8-14,17,19,23H,6-7,15-16,18H2,1-5H3,(H,28,32)/t19-,23+/m1/s1. The molecule has 2 aromatic carbocycles. The van der Waals surface area contributed by atoms with E-state index in [4.69, 9.17) is 16.3 Å². The summed E-state index contributed by atoms with van der Waals surface area (Å²) >= 11 is 6.22. The molecule has 198 valence electrons. The predicted octanol–water partition coefficient (Wildman–Crippen LogP) is 3.88. The van der Waals surface area contributed by atoms with Gasteiger partial charge in [-0.05, 0) is 49.9 Å². The van der Waals surface area contributed by atoms with Crippen molar-refractivity contribution in [1.82, 2.24) is 10.2 Å². The van der Waals surface area contributed by atoms with Crippen molar-refractivity contribution < 1.29 is 22.7 Å². The van der Waals surface area contributed by atoms with Crippen LogP contribution in [-0.2, 0) is 26.0 Å². The van der Waals surface area contributed by atoms with Gasteiger partial charge in [0.05, 0.1) is 24.1 Å². The van der Waals surface area contributed by atoms with Crippen LogP contribution in [0.15, 0.2) is 48.5 Å². The largest absolute Gasteiger partial charge is 0.495 e. The number of nitrogens with one attached hydrogen (secondary N) is 1. The lowest BCUT2D eigenvalue weighted by molar-refractivity contribution is -0.139. The van der Waals surface area contributed by atoms with Gasteiger partial charge in [-0.3, -0.25) is 13.9 Å². The summed E-state index contributed by atoms with van der Waals surface area (Å²) in [5.41, 5.74) is 1.24. The first kappa shape index (κ1) is 29.5. The molecule has 0 radical (unpaired) electrons. The average Bonchev–Trinajstić information content (AvgIpc) is 2.84. The highest BCUT2D eigenvalue weighted by Gasteiger charge is 2.32. The zero-order chi connectivity index (χ0) is 26.9. The zero-order valence-electron chi connectivity index (χ0n) is 21.5. The molecule has 1 N–H and O–H groups in total. The van der Waals surface area contributed by atoms with E-state index in [-0.39, 0.29) is 29.2 Å². The Morgan fingerprint density at radius 2 is 1.75 bits per heavy atom. The Labute approximate surface area is 219 Å². The van der Waals surface area contributed by atoms with E-state index in [0.717, 1.165) is 22.5 Å². The Hall–Kier alpha value is -2.78. The van der Waals surface area contributed by atoms with Gasteiger partial charge in [-0.2, -0.15) is 0 Å². The summed E-state index contributed by atoms with van der Waals surface area (Å²) in [7, 11) is -2.38. The summed E-state index contributed by atoms with van der Waals surface area (Å²) in [4.78, 5) is 28.2. The summed E-state index contributed by atoms with van der Waals surface area (Å²) in [5.74, 6) is -0.349.